The fourth-order valence-electron chi connectivity index (χ4n) is 4.73. The molecule has 0 unspecified atom stereocenters. The molecule has 3 amide bonds. The Kier molecular flexibility index (Phi) is 5.57. The first-order valence-corrected chi connectivity index (χ1v) is 9.74. The van der Waals surface area contributed by atoms with Crippen molar-refractivity contribution in [3.05, 3.63) is 0 Å². The SMILES string of the molecule is CCC[C@@H]1CCCN(C(=O)CN2C(=O)[C@@H]3CCCC[C@H]3C2=O)CC1. The predicted molar refractivity (Wildman–Crippen MR) is 91.0 cm³/mol. The van der Waals surface area contributed by atoms with Gasteiger partial charge in [0.05, 0.1) is 11.8 Å². The minimum Gasteiger partial charge on any atom is -0.341 e. The molecule has 0 radical (unpaired) electrons. The first-order chi connectivity index (χ1) is 11.6. The summed E-state index contributed by atoms with van der Waals surface area (Å²) in [7, 11) is 0. The van der Waals surface area contributed by atoms with Crippen LogP contribution in [0, 0.1) is 17.8 Å². The molecule has 1 aliphatic carbocycles. The molecule has 3 aliphatic rings. The van der Waals surface area contributed by atoms with Crippen LogP contribution in [-0.2, 0) is 14.4 Å². The maximum absolute atomic E-state index is 12.6. The summed E-state index contributed by atoms with van der Waals surface area (Å²) in [5.74, 6) is 0.154. The van der Waals surface area contributed by atoms with E-state index >= 15 is 0 Å². The molecule has 134 valence electrons. The highest BCUT2D eigenvalue weighted by atomic mass is 16.2. The molecular formula is C19H30N2O3. The van der Waals surface area contributed by atoms with Gasteiger partial charge in [0, 0.05) is 13.1 Å². The Balaban J connectivity index is 1.58. The lowest BCUT2D eigenvalue weighted by molar-refractivity contribution is -0.146. The second-order valence-electron chi connectivity index (χ2n) is 7.73. The highest BCUT2D eigenvalue weighted by Crippen LogP contribution is 2.38. The summed E-state index contributed by atoms with van der Waals surface area (Å²) in [5, 5.41) is 0. The van der Waals surface area contributed by atoms with Crippen LogP contribution < -0.4 is 0 Å². The molecule has 0 spiro atoms. The average molecular weight is 334 g/mol. The van der Waals surface area contributed by atoms with Gasteiger partial charge < -0.3 is 4.90 Å². The van der Waals surface area contributed by atoms with Crippen molar-refractivity contribution in [1.29, 1.82) is 0 Å². The fourth-order valence-corrected chi connectivity index (χ4v) is 4.73. The van der Waals surface area contributed by atoms with Gasteiger partial charge in [-0.2, -0.15) is 0 Å². The van der Waals surface area contributed by atoms with Crippen LogP contribution in [0.5, 0.6) is 0 Å². The molecule has 3 fully saturated rings. The molecule has 0 N–H and O–H groups in total. The standard InChI is InChI=1S/C19H30N2O3/c1-2-6-14-7-5-11-20(12-10-14)17(22)13-21-18(23)15-8-3-4-9-16(15)19(21)24/h14-16H,2-13H2,1H3/t14-,15-,16-/m1/s1. The van der Waals surface area contributed by atoms with Crippen LogP contribution >= 0.6 is 0 Å². The average Bonchev–Trinajstić information content (AvgIpc) is 2.76. The van der Waals surface area contributed by atoms with Gasteiger partial charge in [0.1, 0.15) is 6.54 Å². The Morgan fingerprint density at radius 2 is 1.62 bits per heavy atom. The lowest BCUT2D eigenvalue weighted by Crippen LogP contribution is -2.43. The summed E-state index contributed by atoms with van der Waals surface area (Å²) < 4.78 is 0. The predicted octanol–water partition coefficient (Wildman–Crippen LogP) is 2.59. The Labute approximate surface area is 144 Å². The highest BCUT2D eigenvalue weighted by molar-refractivity contribution is 6.07. The van der Waals surface area contributed by atoms with E-state index in [-0.39, 0.29) is 36.1 Å². The van der Waals surface area contributed by atoms with Crippen molar-refractivity contribution in [1.82, 2.24) is 9.80 Å². The van der Waals surface area contributed by atoms with E-state index in [0.717, 1.165) is 51.6 Å². The quantitative estimate of drug-likeness (QED) is 0.743. The molecule has 0 aromatic rings. The molecule has 3 rings (SSSR count). The van der Waals surface area contributed by atoms with Crippen molar-refractivity contribution in [2.45, 2.75) is 64.7 Å². The van der Waals surface area contributed by atoms with Crippen LogP contribution in [0.2, 0.25) is 0 Å². The van der Waals surface area contributed by atoms with Crippen LogP contribution in [0.3, 0.4) is 0 Å². The van der Waals surface area contributed by atoms with Gasteiger partial charge >= 0.3 is 0 Å². The molecule has 0 aromatic carbocycles. The number of hydrogen-bond donors (Lipinski definition) is 0. The minimum atomic E-state index is -0.155. The number of carbonyl (C=O) groups excluding carboxylic acids is 3. The van der Waals surface area contributed by atoms with Crippen molar-refractivity contribution in [2.75, 3.05) is 19.6 Å². The lowest BCUT2D eigenvalue weighted by atomic mass is 9.81. The van der Waals surface area contributed by atoms with Crippen molar-refractivity contribution in [2.24, 2.45) is 17.8 Å². The monoisotopic (exact) mass is 334 g/mol. The van der Waals surface area contributed by atoms with Crippen molar-refractivity contribution in [3.63, 3.8) is 0 Å². The summed E-state index contributed by atoms with van der Waals surface area (Å²) in [5.41, 5.74) is 0. The van der Waals surface area contributed by atoms with Gasteiger partial charge in [0.25, 0.3) is 0 Å². The van der Waals surface area contributed by atoms with Crippen LogP contribution in [0.4, 0.5) is 0 Å². The Morgan fingerprint density at radius 1 is 0.958 bits per heavy atom. The number of carbonyl (C=O) groups is 3. The van der Waals surface area contributed by atoms with E-state index < -0.39 is 0 Å². The number of likely N-dealkylation sites (tertiary alicyclic amines) is 2. The third kappa shape index (κ3) is 3.50. The maximum atomic E-state index is 12.6. The van der Waals surface area contributed by atoms with Gasteiger partial charge in [0.15, 0.2) is 0 Å². The second-order valence-corrected chi connectivity index (χ2v) is 7.73. The normalized spacial score (nSPS) is 31.1. The zero-order valence-corrected chi connectivity index (χ0v) is 14.8. The molecule has 0 bridgehead atoms. The Morgan fingerprint density at radius 3 is 2.25 bits per heavy atom. The second kappa shape index (κ2) is 7.66. The molecule has 3 atom stereocenters. The number of rotatable bonds is 4. The molecule has 24 heavy (non-hydrogen) atoms. The van der Waals surface area contributed by atoms with Gasteiger partial charge in [-0.3, -0.25) is 19.3 Å². The Bertz CT molecular complexity index is 481. The molecule has 5 nitrogen and oxygen atoms in total. The molecule has 2 saturated heterocycles. The summed E-state index contributed by atoms with van der Waals surface area (Å²) >= 11 is 0. The van der Waals surface area contributed by atoms with Crippen LogP contribution in [0.1, 0.15) is 64.7 Å². The molecule has 5 heteroatoms. The van der Waals surface area contributed by atoms with E-state index in [4.69, 9.17) is 0 Å². The van der Waals surface area contributed by atoms with Crippen LogP contribution in [-0.4, -0.2) is 47.2 Å². The zero-order chi connectivity index (χ0) is 17.1. The number of nitrogens with zero attached hydrogens (tertiary/aromatic N) is 2. The van der Waals surface area contributed by atoms with Crippen molar-refractivity contribution < 1.29 is 14.4 Å². The van der Waals surface area contributed by atoms with Gasteiger partial charge in [-0.1, -0.05) is 32.6 Å². The number of fused-ring (bicyclic) bond motifs is 1. The van der Waals surface area contributed by atoms with E-state index in [1.165, 1.54) is 24.2 Å². The third-order valence-corrected chi connectivity index (χ3v) is 6.12. The number of hydrogen-bond acceptors (Lipinski definition) is 3. The number of imide groups is 1. The highest BCUT2D eigenvalue weighted by Gasteiger charge is 2.48. The molecule has 0 aromatic heterocycles. The third-order valence-electron chi connectivity index (χ3n) is 6.12. The zero-order valence-electron chi connectivity index (χ0n) is 14.8. The fraction of sp³-hybridized carbons (Fsp3) is 0.842. The summed E-state index contributed by atoms with van der Waals surface area (Å²) in [4.78, 5) is 40.8. The smallest absolute Gasteiger partial charge is 0.242 e. The molecule has 1 saturated carbocycles. The van der Waals surface area contributed by atoms with Gasteiger partial charge in [-0.25, -0.2) is 0 Å². The van der Waals surface area contributed by atoms with Crippen LogP contribution in [0.25, 0.3) is 0 Å². The van der Waals surface area contributed by atoms with E-state index in [2.05, 4.69) is 6.92 Å². The molecular weight excluding hydrogens is 304 g/mol. The van der Waals surface area contributed by atoms with E-state index in [1.54, 1.807) is 0 Å². The van der Waals surface area contributed by atoms with E-state index in [9.17, 15) is 14.4 Å². The van der Waals surface area contributed by atoms with E-state index in [0.29, 0.717) is 5.92 Å². The minimum absolute atomic E-state index is 0.0386. The van der Waals surface area contributed by atoms with Gasteiger partial charge in [-0.05, 0) is 38.0 Å². The maximum Gasteiger partial charge on any atom is 0.242 e. The molecule has 2 heterocycles. The summed E-state index contributed by atoms with van der Waals surface area (Å²) in [6.07, 6.45) is 9.34. The summed E-state index contributed by atoms with van der Waals surface area (Å²) in [6, 6.07) is 0. The Hall–Kier alpha value is -1.39. The largest absolute Gasteiger partial charge is 0.341 e. The first kappa shape index (κ1) is 17.4. The topological polar surface area (TPSA) is 57.7 Å². The van der Waals surface area contributed by atoms with Crippen molar-refractivity contribution in [3.8, 4) is 0 Å². The van der Waals surface area contributed by atoms with Gasteiger partial charge in [-0.15, -0.1) is 0 Å². The molecule has 2 aliphatic heterocycles. The van der Waals surface area contributed by atoms with Crippen molar-refractivity contribution >= 4 is 17.7 Å². The van der Waals surface area contributed by atoms with Gasteiger partial charge in [0.2, 0.25) is 17.7 Å². The first-order valence-electron chi connectivity index (χ1n) is 9.74. The van der Waals surface area contributed by atoms with E-state index in [1.807, 2.05) is 4.90 Å². The number of amides is 3. The van der Waals surface area contributed by atoms with Crippen LogP contribution in [0.15, 0.2) is 0 Å². The summed E-state index contributed by atoms with van der Waals surface area (Å²) in [6.45, 7) is 3.70. The lowest BCUT2D eigenvalue weighted by Gasteiger charge is -2.23.